The van der Waals surface area contributed by atoms with Crippen LogP contribution < -0.4 is 5.32 Å². The largest absolute Gasteiger partial charge is 0.506 e. The smallest absolute Gasteiger partial charge is 0.163 e. The van der Waals surface area contributed by atoms with Crippen LogP contribution in [0.5, 0.6) is 5.75 Å². The topological polar surface area (TPSA) is 73.8 Å². The molecule has 2 aromatic carbocycles. The molecule has 0 atom stereocenters. The number of nitrogens with one attached hydrogen (secondary N) is 2. The number of aryl methyl sites for hydroxylation is 1. The number of nitrogens with zero attached hydrogens (tertiary/aromatic N) is 2. The maximum absolute atomic E-state index is 10.0. The first-order valence-electron chi connectivity index (χ1n) is 7.68. The average molecular weight is 316 g/mol. The van der Waals surface area contributed by atoms with Gasteiger partial charge in [0, 0.05) is 11.3 Å². The number of aromatic amines is 1. The van der Waals surface area contributed by atoms with Gasteiger partial charge in [0.25, 0.3) is 0 Å². The Kier molecular flexibility index (Phi) is 3.39. The third kappa shape index (κ3) is 2.56. The zero-order valence-electron chi connectivity index (χ0n) is 13.1. The van der Waals surface area contributed by atoms with Crippen LogP contribution in [0.3, 0.4) is 0 Å². The molecule has 2 aromatic heterocycles. The van der Waals surface area contributed by atoms with Crippen LogP contribution in [-0.4, -0.2) is 20.1 Å². The molecular weight excluding hydrogens is 300 g/mol. The lowest BCUT2D eigenvalue weighted by Crippen LogP contribution is -1.98. The first-order valence-corrected chi connectivity index (χ1v) is 7.68. The molecule has 0 fully saturated rings. The number of fused-ring (bicyclic) bond motifs is 1. The Labute approximate surface area is 139 Å². The van der Waals surface area contributed by atoms with E-state index in [1.165, 1.54) is 0 Å². The predicted octanol–water partition coefficient (Wildman–Crippen LogP) is 4.38. The number of para-hydroxylation sites is 2. The molecule has 2 heterocycles. The van der Waals surface area contributed by atoms with Crippen molar-refractivity contribution in [3.63, 3.8) is 0 Å². The molecule has 118 valence electrons. The van der Waals surface area contributed by atoms with E-state index in [9.17, 15) is 5.11 Å². The van der Waals surface area contributed by atoms with E-state index in [4.69, 9.17) is 0 Å². The van der Waals surface area contributed by atoms with E-state index in [0.29, 0.717) is 17.3 Å². The lowest BCUT2D eigenvalue weighted by Gasteiger charge is -2.10. The van der Waals surface area contributed by atoms with Gasteiger partial charge < -0.3 is 15.4 Å². The first-order chi connectivity index (χ1) is 11.7. The SMILES string of the molecule is Cc1cc2c(Nc3ccccc3O)nc(-c3ccccc3)nc2[nH]1. The molecule has 0 aliphatic heterocycles. The van der Waals surface area contributed by atoms with E-state index in [1.54, 1.807) is 12.1 Å². The summed E-state index contributed by atoms with van der Waals surface area (Å²) < 4.78 is 0. The highest BCUT2D eigenvalue weighted by molar-refractivity contribution is 5.91. The van der Waals surface area contributed by atoms with Gasteiger partial charge in [0.15, 0.2) is 5.82 Å². The number of aromatic hydroxyl groups is 1. The summed E-state index contributed by atoms with van der Waals surface area (Å²) in [6.07, 6.45) is 0. The fourth-order valence-corrected chi connectivity index (χ4v) is 2.66. The standard InChI is InChI=1S/C19H16N4O/c1-12-11-14-18(20-12)22-17(13-7-3-2-4-8-13)23-19(14)21-15-9-5-6-10-16(15)24/h2-11,24H,1H3,(H2,20,21,22,23). The Balaban J connectivity index is 1.88. The molecule has 0 aliphatic carbocycles. The number of hydrogen-bond donors (Lipinski definition) is 3. The molecule has 0 bridgehead atoms. The van der Waals surface area contributed by atoms with E-state index in [1.807, 2.05) is 55.5 Å². The van der Waals surface area contributed by atoms with Crippen molar-refractivity contribution in [2.75, 3.05) is 5.32 Å². The van der Waals surface area contributed by atoms with Gasteiger partial charge in [-0.05, 0) is 25.1 Å². The van der Waals surface area contributed by atoms with Crippen molar-refractivity contribution < 1.29 is 5.11 Å². The molecule has 0 saturated carbocycles. The minimum Gasteiger partial charge on any atom is -0.506 e. The number of benzene rings is 2. The third-order valence-corrected chi connectivity index (χ3v) is 3.81. The number of rotatable bonds is 3. The summed E-state index contributed by atoms with van der Waals surface area (Å²) in [6.45, 7) is 1.98. The van der Waals surface area contributed by atoms with Crippen LogP contribution in [0.4, 0.5) is 11.5 Å². The second-order valence-electron chi connectivity index (χ2n) is 5.62. The number of anilines is 2. The van der Waals surface area contributed by atoms with Crippen molar-refractivity contribution in [3.8, 4) is 17.1 Å². The van der Waals surface area contributed by atoms with E-state index in [-0.39, 0.29) is 5.75 Å². The van der Waals surface area contributed by atoms with E-state index in [0.717, 1.165) is 22.3 Å². The van der Waals surface area contributed by atoms with Gasteiger partial charge in [-0.1, -0.05) is 42.5 Å². The van der Waals surface area contributed by atoms with Gasteiger partial charge in [-0.3, -0.25) is 0 Å². The zero-order chi connectivity index (χ0) is 16.5. The highest BCUT2D eigenvalue weighted by Gasteiger charge is 2.12. The van der Waals surface area contributed by atoms with Crippen LogP contribution in [0.15, 0.2) is 60.7 Å². The summed E-state index contributed by atoms with van der Waals surface area (Å²) in [4.78, 5) is 12.5. The number of aromatic nitrogens is 3. The number of phenols is 1. The molecule has 0 radical (unpaired) electrons. The van der Waals surface area contributed by atoms with Crippen molar-refractivity contribution in [3.05, 3.63) is 66.4 Å². The molecule has 5 nitrogen and oxygen atoms in total. The minimum atomic E-state index is 0.179. The fraction of sp³-hybridized carbons (Fsp3) is 0.0526. The lowest BCUT2D eigenvalue weighted by molar-refractivity contribution is 0.478. The summed E-state index contributed by atoms with van der Waals surface area (Å²) in [5.74, 6) is 1.46. The summed E-state index contributed by atoms with van der Waals surface area (Å²) in [5.41, 5.74) is 3.31. The fourth-order valence-electron chi connectivity index (χ4n) is 2.66. The molecule has 0 spiro atoms. The quantitative estimate of drug-likeness (QED) is 0.490. The Morgan fingerprint density at radius 3 is 2.50 bits per heavy atom. The maximum Gasteiger partial charge on any atom is 0.163 e. The highest BCUT2D eigenvalue weighted by atomic mass is 16.3. The van der Waals surface area contributed by atoms with Crippen molar-refractivity contribution in [1.82, 2.24) is 15.0 Å². The van der Waals surface area contributed by atoms with Crippen LogP contribution in [0.25, 0.3) is 22.4 Å². The monoisotopic (exact) mass is 316 g/mol. The maximum atomic E-state index is 10.0. The Hall–Kier alpha value is -3.34. The van der Waals surface area contributed by atoms with Crippen molar-refractivity contribution in [2.24, 2.45) is 0 Å². The van der Waals surface area contributed by atoms with Crippen molar-refractivity contribution >= 4 is 22.5 Å². The number of hydrogen-bond acceptors (Lipinski definition) is 4. The van der Waals surface area contributed by atoms with E-state index >= 15 is 0 Å². The predicted molar refractivity (Wildman–Crippen MR) is 95.5 cm³/mol. The Bertz CT molecular complexity index is 1010. The Morgan fingerprint density at radius 2 is 1.71 bits per heavy atom. The second-order valence-corrected chi connectivity index (χ2v) is 5.62. The molecule has 0 aliphatic rings. The molecule has 4 rings (SSSR count). The van der Waals surface area contributed by atoms with Crippen LogP contribution >= 0.6 is 0 Å². The Morgan fingerprint density at radius 1 is 0.958 bits per heavy atom. The van der Waals surface area contributed by atoms with Crippen LogP contribution in [0, 0.1) is 6.92 Å². The number of phenolic OH excluding ortho intramolecular Hbond substituents is 1. The van der Waals surface area contributed by atoms with E-state index < -0.39 is 0 Å². The molecule has 0 unspecified atom stereocenters. The summed E-state index contributed by atoms with van der Waals surface area (Å²) in [6, 6.07) is 18.9. The highest BCUT2D eigenvalue weighted by Crippen LogP contribution is 2.31. The summed E-state index contributed by atoms with van der Waals surface area (Å²) in [5, 5.41) is 14.1. The molecule has 3 N–H and O–H groups in total. The van der Waals surface area contributed by atoms with Crippen molar-refractivity contribution in [2.45, 2.75) is 6.92 Å². The molecule has 4 aromatic rings. The normalized spacial score (nSPS) is 10.9. The molecular formula is C19H16N4O. The van der Waals surface area contributed by atoms with Crippen LogP contribution in [0.1, 0.15) is 5.69 Å². The van der Waals surface area contributed by atoms with Crippen molar-refractivity contribution in [1.29, 1.82) is 0 Å². The van der Waals surface area contributed by atoms with Crippen LogP contribution in [0.2, 0.25) is 0 Å². The second kappa shape index (κ2) is 5.70. The molecule has 0 amide bonds. The van der Waals surface area contributed by atoms with Gasteiger partial charge >= 0.3 is 0 Å². The van der Waals surface area contributed by atoms with Gasteiger partial charge in [-0.25, -0.2) is 9.97 Å². The van der Waals surface area contributed by atoms with Gasteiger partial charge in [0.2, 0.25) is 0 Å². The van der Waals surface area contributed by atoms with Gasteiger partial charge in [0.05, 0.1) is 11.1 Å². The van der Waals surface area contributed by atoms with E-state index in [2.05, 4.69) is 20.3 Å². The van der Waals surface area contributed by atoms with Crippen LogP contribution in [-0.2, 0) is 0 Å². The van der Waals surface area contributed by atoms with Gasteiger partial charge in [-0.2, -0.15) is 0 Å². The average Bonchev–Trinajstić information content (AvgIpc) is 2.98. The minimum absolute atomic E-state index is 0.179. The van der Waals surface area contributed by atoms with Gasteiger partial charge in [-0.15, -0.1) is 0 Å². The molecule has 0 saturated heterocycles. The summed E-state index contributed by atoms with van der Waals surface area (Å²) >= 11 is 0. The molecule has 5 heteroatoms. The number of H-pyrrole nitrogens is 1. The lowest BCUT2D eigenvalue weighted by atomic mass is 10.2. The molecule has 24 heavy (non-hydrogen) atoms. The summed E-state index contributed by atoms with van der Waals surface area (Å²) in [7, 11) is 0. The van der Waals surface area contributed by atoms with Gasteiger partial charge in [0.1, 0.15) is 17.2 Å². The first kappa shape index (κ1) is 14.3. The zero-order valence-corrected chi connectivity index (χ0v) is 13.1. The third-order valence-electron chi connectivity index (χ3n) is 3.81.